The van der Waals surface area contributed by atoms with Gasteiger partial charge in [-0.3, -0.25) is 5.10 Å². The van der Waals surface area contributed by atoms with Crippen LogP contribution in [0.5, 0.6) is 5.75 Å². The van der Waals surface area contributed by atoms with Crippen molar-refractivity contribution < 1.29 is 17.6 Å². The first-order valence-electron chi connectivity index (χ1n) is 9.30. The summed E-state index contributed by atoms with van der Waals surface area (Å²) in [6.07, 6.45) is -0.221. The Bertz CT molecular complexity index is 1270. The van der Waals surface area contributed by atoms with E-state index in [4.69, 9.17) is 8.85 Å². The summed E-state index contributed by atoms with van der Waals surface area (Å²) in [4.78, 5) is 7.23. The number of hydrogen-bond donors (Lipinski definition) is 2. The molecule has 0 amide bonds. The smallest absolute Gasteiger partial charge is 0.267 e. The maximum absolute atomic E-state index is 13.5. The molecule has 0 spiro atoms. The molecule has 0 saturated carbocycles. The van der Waals surface area contributed by atoms with E-state index in [-0.39, 0.29) is 28.3 Å². The van der Waals surface area contributed by atoms with E-state index >= 15 is 0 Å². The van der Waals surface area contributed by atoms with Gasteiger partial charge < -0.3 is 9.72 Å². The number of nitrogens with zero attached hydrogens (tertiary/aromatic N) is 3. The average molecular weight is 368 g/mol. The standard InChI is InChI=1S/C19H13F2N5O/c1-27-11-5-4-10(8-22)13(7-11)15-12-3-2-6-23-19(12)25-17(15)16-14(18(20)21)9-24-26-16/h2-7,9,18H,1H3,(H,23,25)(H,24,26)/i1D3. The van der Waals surface area contributed by atoms with Crippen molar-refractivity contribution in [2.24, 2.45) is 0 Å². The Kier molecular flexibility index (Phi) is 3.26. The number of nitriles is 1. The molecule has 0 radical (unpaired) electrons. The second-order valence-electron chi connectivity index (χ2n) is 5.70. The molecule has 3 aromatic heterocycles. The first-order valence-corrected chi connectivity index (χ1v) is 7.80. The van der Waals surface area contributed by atoms with Crippen molar-refractivity contribution in [3.63, 3.8) is 0 Å². The molecule has 1 aromatic carbocycles. The number of ether oxygens (including phenoxy) is 1. The van der Waals surface area contributed by atoms with Crippen LogP contribution in [0.2, 0.25) is 0 Å². The van der Waals surface area contributed by atoms with E-state index in [0.29, 0.717) is 22.2 Å². The largest absolute Gasteiger partial charge is 0.497 e. The lowest BCUT2D eigenvalue weighted by atomic mass is 9.96. The van der Waals surface area contributed by atoms with Gasteiger partial charge in [0.25, 0.3) is 6.43 Å². The van der Waals surface area contributed by atoms with Crippen LogP contribution in [0, 0.1) is 11.3 Å². The normalized spacial score (nSPS) is 13.2. The average Bonchev–Trinajstić information content (AvgIpc) is 3.31. The molecule has 2 N–H and O–H groups in total. The molecular weight excluding hydrogens is 352 g/mol. The fraction of sp³-hybridized carbons (Fsp3) is 0.105. The highest BCUT2D eigenvalue weighted by molar-refractivity contribution is 6.03. The quantitative estimate of drug-likeness (QED) is 0.557. The molecule has 8 heteroatoms. The number of pyridine rings is 1. The summed E-state index contributed by atoms with van der Waals surface area (Å²) in [6.45, 7) is 0. The number of aromatic nitrogens is 4. The van der Waals surface area contributed by atoms with Crippen LogP contribution < -0.4 is 4.74 Å². The fourth-order valence-corrected chi connectivity index (χ4v) is 3.04. The molecule has 134 valence electrons. The molecule has 0 unspecified atom stereocenters. The molecule has 4 rings (SSSR count). The van der Waals surface area contributed by atoms with Crippen molar-refractivity contribution >= 4 is 11.0 Å². The highest BCUT2D eigenvalue weighted by Gasteiger charge is 2.24. The molecular formula is C19H13F2N5O. The molecule has 0 aliphatic heterocycles. The number of benzene rings is 1. The van der Waals surface area contributed by atoms with Crippen molar-refractivity contribution in [3.05, 3.63) is 53.9 Å². The first-order chi connectivity index (χ1) is 14.3. The lowest BCUT2D eigenvalue weighted by Gasteiger charge is -2.09. The van der Waals surface area contributed by atoms with E-state index in [9.17, 15) is 14.0 Å². The van der Waals surface area contributed by atoms with Crippen LogP contribution in [0.25, 0.3) is 33.5 Å². The van der Waals surface area contributed by atoms with Gasteiger partial charge in [-0.25, -0.2) is 13.8 Å². The van der Waals surface area contributed by atoms with Crippen LogP contribution in [0.15, 0.2) is 42.7 Å². The summed E-state index contributed by atoms with van der Waals surface area (Å²) in [5, 5.41) is 16.5. The van der Waals surface area contributed by atoms with Crippen molar-refractivity contribution in [2.45, 2.75) is 6.43 Å². The minimum atomic E-state index is -2.79. The maximum atomic E-state index is 13.5. The number of aromatic amines is 2. The summed E-state index contributed by atoms with van der Waals surface area (Å²) in [5.74, 6) is 0.00637. The van der Waals surface area contributed by atoms with Gasteiger partial charge in [-0.1, -0.05) is 0 Å². The van der Waals surface area contributed by atoms with Crippen LogP contribution in [0.1, 0.15) is 21.7 Å². The number of H-pyrrole nitrogens is 2. The van der Waals surface area contributed by atoms with Crippen molar-refractivity contribution in [1.29, 1.82) is 5.26 Å². The number of hydrogen-bond acceptors (Lipinski definition) is 4. The molecule has 27 heavy (non-hydrogen) atoms. The summed E-state index contributed by atoms with van der Waals surface area (Å²) < 4.78 is 53.9. The van der Waals surface area contributed by atoms with Crippen LogP contribution >= 0.6 is 0 Å². The van der Waals surface area contributed by atoms with E-state index in [0.717, 1.165) is 6.20 Å². The van der Waals surface area contributed by atoms with Crippen LogP contribution in [-0.4, -0.2) is 27.2 Å². The van der Waals surface area contributed by atoms with Crippen molar-refractivity contribution in [1.82, 2.24) is 20.2 Å². The summed E-state index contributed by atoms with van der Waals surface area (Å²) in [6, 6.07) is 9.59. The van der Waals surface area contributed by atoms with Crippen LogP contribution in [-0.2, 0) is 0 Å². The zero-order valence-corrected chi connectivity index (χ0v) is 13.6. The predicted octanol–water partition coefficient (Wildman–Crippen LogP) is 4.44. The lowest BCUT2D eigenvalue weighted by Crippen LogP contribution is -1.92. The fourth-order valence-electron chi connectivity index (χ4n) is 3.04. The predicted molar refractivity (Wildman–Crippen MR) is 95.3 cm³/mol. The third kappa shape index (κ3) is 2.69. The van der Waals surface area contributed by atoms with Gasteiger partial charge in [0.15, 0.2) is 0 Å². The third-order valence-corrected chi connectivity index (χ3v) is 4.22. The Balaban J connectivity index is 2.03. The van der Waals surface area contributed by atoms with Gasteiger partial charge in [0.05, 0.1) is 45.9 Å². The Morgan fingerprint density at radius 3 is 2.96 bits per heavy atom. The molecule has 6 nitrogen and oxygen atoms in total. The molecule has 0 saturated heterocycles. The number of alkyl halides is 2. The SMILES string of the molecule is [2H]C([2H])([2H])Oc1ccc(C#N)c(-c2c(-c3[nH]ncc3C(F)F)[nH]c3ncccc23)c1. The molecule has 3 heterocycles. The zero-order valence-electron chi connectivity index (χ0n) is 16.6. The second-order valence-corrected chi connectivity index (χ2v) is 5.70. The topological polar surface area (TPSA) is 90.4 Å². The van der Waals surface area contributed by atoms with E-state index in [1.807, 2.05) is 6.07 Å². The summed E-state index contributed by atoms with van der Waals surface area (Å²) in [7, 11) is -2.69. The van der Waals surface area contributed by atoms with Crippen molar-refractivity contribution in [2.75, 3.05) is 7.04 Å². The second kappa shape index (κ2) is 6.53. The Morgan fingerprint density at radius 2 is 2.19 bits per heavy atom. The zero-order chi connectivity index (χ0) is 21.5. The molecule has 0 atom stereocenters. The van der Waals surface area contributed by atoms with Crippen LogP contribution in [0.4, 0.5) is 8.78 Å². The molecule has 0 aliphatic rings. The highest BCUT2D eigenvalue weighted by atomic mass is 19.3. The van der Waals surface area contributed by atoms with Crippen molar-refractivity contribution in [3.8, 4) is 34.3 Å². The number of rotatable bonds is 4. The lowest BCUT2D eigenvalue weighted by molar-refractivity contribution is 0.152. The van der Waals surface area contributed by atoms with E-state index in [1.54, 1.807) is 12.1 Å². The van der Waals surface area contributed by atoms with Gasteiger partial charge in [0.2, 0.25) is 0 Å². The highest BCUT2D eigenvalue weighted by Crippen LogP contribution is 2.42. The number of nitrogens with one attached hydrogen (secondary N) is 2. The Labute approximate surface area is 156 Å². The van der Waals surface area contributed by atoms with Gasteiger partial charge in [0, 0.05) is 22.7 Å². The third-order valence-electron chi connectivity index (χ3n) is 4.22. The Morgan fingerprint density at radius 1 is 1.30 bits per heavy atom. The molecule has 0 fully saturated rings. The first kappa shape index (κ1) is 13.5. The van der Waals surface area contributed by atoms with Gasteiger partial charge in [-0.15, -0.1) is 0 Å². The van der Waals surface area contributed by atoms with Crippen LogP contribution in [0.3, 0.4) is 0 Å². The van der Waals surface area contributed by atoms with Gasteiger partial charge in [0.1, 0.15) is 11.4 Å². The number of methoxy groups -OCH3 is 1. The minimum absolute atomic E-state index is 0.00637. The summed E-state index contributed by atoms with van der Waals surface area (Å²) >= 11 is 0. The van der Waals surface area contributed by atoms with E-state index < -0.39 is 13.5 Å². The molecule has 0 bridgehead atoms. The van der Waals surface area contributed by atoms with Gasteiger partial charge in [-0.05, 0) is 30.3 Å². The van der Waals surface area contributed by atoms with Gasteiger partial charge in [-0.2, -0.15) is 10.4 Å². The number of halogens is 2. The Hall–Kier alpha value is -3.73. The van der Waals surface area contributed by atoms with Gasteiger partial charge >= 0.3 is 0 Å². The molecule has 4 aromatic rings. The monoisotopic (exact) mass is 368 g/mol. The molecule has 0 aliphatic carbocycles. The van der Waals surface area contributed by atoms with E-state index in [1.165, 1.54) is 24.4 Å². The minimum Gasteiger partial charge on any atom is -0.497 e. The summed E-state index contributed by atoms with van der Waals surface area (Å²) in [5.41, 5.74) is 1.29. The maximum Gasteiger partial charge on any atom is 0.267 e. The van der Waals surface area contributed by atoms with E-state index in [2.05, 4.69) is 20.2 Å². The number of fused-ring (bicyclic) bond motifs is 1.